The van der Waals surface area contributed by atoms with Gasteiger partial charge in [-0.2, -0.15) is 0 Å². The minimum Gasteiger partial charge on any atom is -0.351 e. The fraction of sp³-hybridized carbons (Fsp3) is 0.167. The van der Waals surface area contributed by atoms with Crippen LogP contribution in [-0.4, -0.2) is 33.6 Å². The Morgan fingerprint density at radius 1 is 1.27 bits per heavy atom. The zero-order valence-electron chi connectivity index (χ0n) is 14.0. The highest BCUT2D eigenvalue weighted by atomic mass is 32.2. The number of aliphatic imine (C=N–C) groups is 1. The van der Waals surface area contributed by atoms with E-state index in [9.17, 15) is 4.21 Å². The normalized spacial score (nSPS) is 15.2. The molecule has 1 unspecified atom stereocenters. The van der Waals surface area contributed by atoms with Gasteiger partial charge < -0.3 is 9.71 Å². The summed E-state index contributed by atoms with van der Waals surface area (Å²) in [7, 11) is 1.44. The smallest absolute Gasteiger partial charge is 0.190 e. The molecule has 8 heteroatoms. The standard InChI is InChI=1S/C18H17N3O2S3/c1-23-26(22)16-8-3-2-7-15(16)25-21-13-6-4-5-12-11-14(20-17(12)13)18-19-9-10-24-18/h2-8,11,20-21H,9-10H2,1H3. The summed E-state index contributed by atoms with van der Waals surface area (Å²) in [6, 6.07) is 15.8. The quantitative estimate of drug-likeness (QED) is 0.595. The molecule has 0 aliphatic carbocycles. The van der Waals surface area contributed by atoms with Gasteiger partial charge in [-0.1, -0.05) is 24.3 Å². The van der Waals surface area contributed by atoms with Gasteiger partial charge in [0.05, 0.1) is 28.9 Å². The molecule has 1 aromatic heterocycles. The summed E-state index contributed by atoms with van der Waals surface area (Å²) < 4.78 is 20.4. The van der Waals surface area contributed by atoms with Crippen molar-refractivity contribution < 1.29 is 8.39 Å². The second kappa shape index (κ2) is 7.87. The molecule has 1 aliphatic rings. The molecule has 0 bridgehead atoms. The number of nitrogens with one attached hydrogen (secondary N) is 2. The lowest BCUT2D eigenvalue weighted by Gasteiger charge is -2.10. The maximum absolute atomic E-state index is 12.0. The number of nitrogens with zero attached hydrogens (tertiary/aromatic N) is 1. The lowest BCUT2D eigenvalue weighted by Crippen LogP contribution is -1.97. The average molecular weight is 404 g/mol. The maximum Gasteiger partial charge on any atom is 0.190 e. The van der Waals surface area contributed by atoms with Gasteiger partial charge in [0, 0.05) is 22.6 Å². The van der Waals surface area contributed by atoms with Crippen LogP contribution in [0.1, 0.15) is 5.69 Å². The number of thioether (sulfide) groups is 1. The van der Waals surface area contributed by atoms with Crippen LogP contribution in [-0.2, 0) is 15.3 Å². The highest BCUT2D eigenvalue weighted by Crippen LogP contribution is 2.32. The molecule has 0 saturated carbocycles. The lowest BCUT2D eigenvalue weighted by atomic mass is 10.2. The number of anilines is 1. The van der Waals surface area contributed by atoms with Crippen LogP contribution >= 0.6 is 23.7 Å². The summed E-state index contributed by atoms with van der Waals surface area (Å²) in [4.78, 5) is 9.54. The molecular formula is C18H17N3O2S3. The molecule has 26 heavy (non-hydrogen) atoms. The molecule has 4 rings (SSSR count). The van der Waals surface area contributed by atoms with Gasteiger partial charge in [-0.25, -0.2) is 4.21 Å². The Bertz CT molecular complexity index is 1000. The first kappa shape index (κ1) is 17.7. The summed E-state index contributed by atoms with van der Waals surface area (Å²) in [5.41, 5.74) is 3.07. The zero-order chi connectivity index (χ0) is 17.9. The SMILES string of the molecule is COS(=O)c1ccccc1SNc1cccc2cc(C3=NCCS3)[nH]c12. The average Bonchev–Trinajstić information content (AvgIpc) is 3.35. The Labute approximate surface area is 162 Å². The fourth-order valence-electron chi connectivity index (χ4n) is 2.73. The molecule has 0 saturated heterocycles. The van der Waals surface area contributed by atoms with E-state index in [1.54, 1.807) is 11.8 Å². The number of aromatic nitrogens is 1. The van der Waals surface area contributed by atoms with Crippen molar-refractivity contribution in [1.82, 2.24) is 4.98 Å². The van der Waals surface area contributed by atoms with Crippen LogP contribution in [0.15, 0.2) is 63.3 Å². The van der Waals surface area contributed by atoms with Crippen molar-refractivity contribution in [1.29, 1.82) is 0 Å². The van der Waals surface area contributed by atoms with E-state index >= 15 is 0 Å². The van der Waals surface area contributed by atoms with Gasteiger partial charge in [0.1, 0.15) is 5.04 Å². The Morgan fingerprint density at radius 2 is 2.15 bits per heavy atom. The van der Waals surface area contributed by atoms with Gasteiger partial charge in [-0.15, -0.1) is 11.8 Å². The summed E-state index contributed by atoms with van der Waals surface area (Å²) in [6.45, 7) is 0.879. The first-order valence-electron chi connectivity index (χ1n) is 8.04. The predicted octanol–water partition coefficient (Wildman–Crippen LogP) is 4.45. The van der Waals surface area contributed by atoms with E-state index in [1.165, 1.54) is 19.1 Å². The number of aromatic amines is 1. The van der Waals surface area contributed by atoms with Gasteiger partial charge >= 0.3 is 0 Å². The molecule has 0 fully saturated rings. The fourth-order valence-corrected chi connectivity index (χ4v) is 5.19. The number of hydrogen-bond acceptors (Lipinski definition) is 6. The Kier molecular flexibility index (Phi) is 5.35. The molecule has 0 amide bonds. The first-order chi connectivity index (χ1) is 12.8. The van der Waals surface area contributed by atoms with Crippen molar-refractivity contribution in [3.8, 4) is 0 Å². The van der Waals surface area contributed by atoms with E-state index in [0.29, 0.717) is 4.90 Å². The van der Waals surface area contributed by atoms with E-state index in [0.717, 1.165) is 44.5 Å². The van der Waals surface area contributed by atoms with E-state index < -0.39 is 11.1 Å². The number of rotatable bonds is 6. The summed E-state index contributed by atoms with van der Waals surface area (Å²) >= 11 is 1.73. The molecule has 3 aromatic rings. The molecule has 0 radical (unpaired) electrons. The Hall–Kier alpha value is -1.74. The van der Waals surface area contributed by atoms with E-state index in [4.69, 9.17) is 4.18 Å². The summed E-state index contributed by atoms with van der Waals surface area (Å²) in [5.74, 6) is 1.04. The van der Waals surface area contributed by atoms with E-state index in [-0.39, 0.29) is 0 Å². The molecule has 5 nitrogen and oxygen atoms in total. The molecule has 2 heterocycles. The van der Waals surface area contributed by atoms with Gasteiger partial charge in [0.25, 0.3) is 0 Å². The van der Waals surface area contributed by atoms with Crippen LogP contribution < -0.4 is 4.72 Å². The lowest BCUT2D eigenvalue weighted by molar-refractivity contribution is 0.444. The molecule has 134 valence electrons. The Morgan fingerprint density at radius 3 is 2.96 bits per heavy atom. The molecule has 0 spiro atoms. The van der Waals surface area contributed by atoms with Crippen LogP contribution in [0.2, 0.25) is 0 Å². The van der Waals surface area contributed by atoms with Crippen molar-refractivity contribution in [2.75, 3.05) is 24.1 Å². The van der Waals surface area contributed by atoms with Crippen molar-refractivity contribution >= 4 is 56.4 Å². The third-order valence-corrected chi connectivity index (χ3v) is 6.98. The van der Waals surface area contributed by atoms with Crippen molar-refractivity contribution in [2.45, 2.75) is 9.79 Å². The molecule has 1 atom stereocenters. The van der Waals surface area contributed by atoms with Crippen molar-refractivity contribution in [2.24, 2.45) is 4.99 Å². The van der Waals surface area contributed by atoms with E-state index in [1.807, 2.05) is 36.4 Å². The van der Waals surface area contributed by atoms with Crippen LogP contribution in [0.5, 0.6) is 0 Å². The van der Waals surface area contributed by atoms with Crippen molar-refractivity contribution in [3.05, 3.63) is 54.2 Å². The van der Waals surface area contributed by atoms with Crippen LogP contribution in [0.4, 0.5) is 5.69 Å². The second-order valence-corrected chi connectivity index (χ2v) is 8.71. The largest absolute Gasteiger partial charge is 0.351 e. The number of benzene rings is 2. The van der Waals surface area contributed by atoms with Gasteiger partial charge in [0.15, 0.2) is 11.1 Å². The summed E-state index contributed by atoms with van der Waals surface area (Å²) in [6.07, 6.45) is 0. The van der Waals surface area contributed by atoms with Gasteiger partial charge in [0.2, 0.25) is 0 Å². The molecular weight excluding hydrogens is 386 g/mol. The third kappa shape index (κ3) is 3.55. The second-order valence-electron chi connectivity index (χ2n) is 5.54. The molecule has 2 aromatic carbocycles. The van der Waals surface area contributed by atoms with Crippen molar-refractivity contribution in [3.63, 3.8) is 0 Å². The first-order valence-corrected chi connectivity index (χ1v) is 10.9. The molecule has 2 N–H and O–H groups in total. The van der Waals surface area contributed by atoms with Gasteiger partial charge in [-0.3, -0.25) is 9.18 Å². The monoisotopic (exact) mass is 403 g/mol. The molecule has 1 aliphatic heterocycles. The van der Waals surface area contributed by atoms with Crippen LogP contribution in [0.3, 0.4) is 0 Å². The number of fused-ring (bicyclic) bond motifs is 1. The maximum atomic E-state index is 12.0. The predicted molar refractivity (Wildman–Crippen MR) is 111 cm³/mol. The minimum absolute atomic E-state index is 0.656. The topological polar surface area (TPSA) is 66.5 Å². The van der Waals surface area contributed by atoms with Gasteiger partial charge in [-0.05, 0) is 36.2 Å². The summed E-state index contributed by atoms with van der Waals surface area (Å²) in [5, 5.41) is 2.20. The highest BCUT2D eigenvalue weighted by Gasteiger charge is 2.14. The third-order valence-electron chi connectivity index (χ3n) is 3.92. The Balaban J connectivity index is 1.61. The number of hydrogen-bond donors (Lipinski definition) is 2. The number of para-hydroxylation sites is 1. The zero-order valence-corrected chi connectivity index (χ0v) is 16.5. The number of H-pyrrole nitrogens is 1. The van der Waals surface area contributed by atoms with Crippen LogP contribution in [0, 0.1) is 0 Å². The van der Waals surface area contributed by atoms with Crippen LogP contribution in [0.25, 0.3) is 10.9 Å². The van der Waals surface area contributed by atoms with E-state index in [2.05, 4.69) is 26.8 Å². The highest BCUT2D eigenvalue weighted by molar-refractivity contribution is 8.14. The minimum atomic E-state index is -1.47.